The minimum Gasteiger partial charge on any atom is -0.436 e. The molecule has 0 saturated carbocycles. The van der Waals surface area contributed by atoms with Gasteiger partial charge in [-0.1, -0.05) is 6.92 Å². The second-order valence-corrected chi connectivity index (χ2v) is 4.14. The monoisotopic (exact) mass is 261 g/mol. The highest BCUT2D eigenvalue weighted by Gasteiger charge is 2.07. The zero-order valence-electron chi connectivity index (χ0n) is 11.6. The first-order valence-corrected chi connectivity index (χ1v) is 6.51. The molecule has 19 heavy (non-hydrogen) atoms. The van der Waals surface area contributed by atoms with E-state index in [-0.39, 0.29) is 0 Å². The van der Waals surface area contributed by atoms with Gasteiger partial charge in [0, 0.05) is 26.1 Å². The van der Waals surface area contributed by atoms with Gasteiger partial charge in [0.05, 0.1) is 12.4 Å². The van der Waals surface area contributed by atoms with E-state index >= 15 is 0 Å². The summed E-state index contributed by atoms with van der Waals surface area (Å²) in [5, 5.41) is 7.18. The van der Waals surface area contributed by atoms with E-state index in [4.69, 9.17) is 4.74 Å². The fourth-order valence-electron chi connectivity index (χ4n) is 1.68. The Hall–Kier alpha value is -2.11. The predicted molar refractivity (Wildman–Crippen MR) is 73.5 cm³/mol. The maximum absolute atomic E-state index is 5.72. The van der Waals surface area contributed by atoms with E-state index in [1.54, 1.807) is 12.3 Å². The minimum absolute atomic E-state index is 0.540. The Bertz CT molecular complexity index is 538. The van der Waals surface area contributed by atoms with Gasteiger partial charge >= 0.3 is 0 Å². The van der Waals surface area contributed by atoms with Gasteiger partial charge in [0.2, 0.25) is 5.88 Å². The van der Waals surface area contributed by atoms with Crippen LogP contribution in [0.25, 0.3) is 0 Å². The number of ether oxygens (including phenoxy) is 1. The number of hydrogen-bond donors (Lipinski definition) is 1. The quantitative estimate of drug-likeness (QED) is 0.865. The van der Waals surface area contributed by atoms with Crippen LogP contribution in [-0.4, -0.2) is 26.8 Å². The number of aromatic nitrogens is 4. The smallest absolute Gasteiger partial charge is 0.224 e. The van der Waals surface area contributed by atoms with E-state index < -0.39 is 0 Å². The Morgan fingerprint density at radius 2 is 2.16 bits per heavy atom. The third-order valence-corrected chi connectivity index (χ3v) is 2.63. The molecule has 2 rings (SSSR count). The zero-order valence-corrected chi connectivity index (χ0v) is 11.6. The molecule has 0 spiro atoms. The maximum atomic E-state index is 5.72. The average molecular weight is 261 g/mol. The van der Waals surface area contributed by atoms with Crippen molar-refractivity contribution in [3.8, 4) is 11.6 Å². The van der Waals surface area contributed by atoms with E-state index in [1.807, 2.05) is 24.9 Å². The predicted octanol–water partition coefficient (Wildman–Crippen LogP) is 2.48. The molecule has 102 valence electrons. The van der Waals surface area contributed by atoms with Crippen LogP contribution < -0.4 is 10.1 Å². The van der Waals surface area contributed by atoms with Gasteiger partial charge in [-0.2, -0.15) is 10.1 Å². The second-order valence-electron chi connectivity index (χ2n) is 4.14. The summed E-state index contributed by atoms with van der Waals surface area (Å²) in [6.07, 6.45) is 5.37. The molecule has 2 aromatic rings. The fourth-order valence-corrected chi connectivity index (χ4v) is 1.68. The summed E-state index contributed by atoms with van der Waals surface area (Å²) in [7, 11) is 1.83. The maximum Gasteiger partial charge on any atom is 0.224 e. The Kier molecular flexibility index (Phi) is 4.33. The van der Waals surface area contributed by atoms with Crippen LogP contribution >= 0.6 is 0 Å². The average Bonchev–Trinajstić information content (AvgIpc) is 2.86. The highest BCUT2D eigenvalue weighted by molar-refractivity contribution is 5.39. The van der Waals surface area contributed by atoms with Crippen LogP contribution in [0.4, 0.5) is 5.82 Å². The zero-order chi connectivity index (χ0) is 13.7. The van der Waals surface area contributed by atoms with E-state index in [0.717, 1.165) is 31.0 Å². The lowest BCUT2D eigenvalue weighted by atomic mass is 10.3. The van der Waals surface area contributed by atoms with Crippen LogP contribution in [0.2, 0.25) is 0 Å². The molecule has 6 nitrogen and oxygen atoms in total. The van der Waals surface area contributed by atoms with Gasteiger partial charge in [0.25, 0.3) is 0 Å². The van der Waals surface area contributed by atoms with Gasteiger partial charge in [-0.3, -0.25) is 4.68 Å². The molecule has 0 atom stereocenters. The molecule has 0 unspecified atom stereocenters. The Morgan fingerprint density at radius 3 is 2.79 bits per heavy atom. The summed E-state index contributed by atoms with van der Waals surface area (Å²) in [6.45, 7) is 4.94. The van der Waals surface area contributed by atoms with E-state index in [2.05, 4.69) is 27.3 Å². The lowest BCUT2D eigenvalue weighted by molar-refractivity contribution is 0.457. The molecule has 0 aliphatic rings. The Labute approximate surface area is 112 Å². The Balaban J connectivity index is 2.20. The van der Waals surface area contributed by atoms with Crippen molar-refractivity contribution in [3.05, 3.63) is 24.3 Å². The molecule has 0 aromatic carbocycles. The molecule has 0 aliphatic heterocycles. The van der Waals surface area contributed by atoms with Crippen LogP contribution in [0.15, 0.2) is 18.5 Å². The van der Waals surface area contributed by atoms with Crippen LogP contribution in [0.3, 0.4) is 0 Å². The number of nitrogens with zero attached hydrogens (tertiary/aromatic N) is 4. The van der Waals surface area contributed by atoms with Crippen molar-refractivity contribution in [2.75, 3.05) is 12.4 Å². The standard InChI is InChI=1S/C13H19N5O/c1-4-6-11-16-12(14-3)7-13(17-11)19-10-8-15-18(5-2)9-10/h7-9H,4-6H2,1-3H3,(H,14,16,17). The molecule has 0 amide bonds. The lowest BCUT2D eigenvalue weighted by Crippen LogP contribution is -2.01. The van der Waals surface area contributed by atoms with E-state index in [0.29, 0.717) is 11.6 Å². The molecule has 0 bridgehead atoms. The number of hydrogen-bond acceptors (Lipinski definition) is 5. The first kappa shape index (κ1) is 13.3. The first-order chi connectivity index (χ1) is 9.25. The van der Waals surface area contributed by atoms with Gasteiger partial charge in [-0.25, -0.2) is 4.98 Å². The molecule has 2 heterocycles. The van der Waals surface area contributed by atoms with Crippen LogP contribution in [0.1, 0.15) is 26.1 Å². The van der Waals surface area contributed by atoms with Crippen LogP contribution in [-0.2, 0) is 13.0 Å². The SMILES string of the molecule is CCCc1nc(NC)cc(Oc2cnn(CC)c2)n1. The summed E-state index contributed by atoms with van der Waals surface area (Å²) < 4.78 is 7.52. The summed E-state index contributed by atoms with van der Waals surface area (Å²) in [5.74, 6) is 2.77. The van der Waals surface area contributed by atoms with Crippen molar-refractivity contribution in [1.82, 2.24) is 19.7 Å². The van der Waals surface area contributed by atoms with Gasteiger partial charge in [0.1, 0.15) is 11.6 Å². The molecule has 1 N–H and O–H groups in total. The van der Waals surface area contributed by atoms with Crippen molar-refractivity contribution < 1.29 is 4.74 Å². The van der Waals surface area contributed by atoms with Crippen molar-refractivity contribution in [2.24, 2.45) is 0 Å². The summed E-state index contributed by atoms with van der Waals surface area (Å²) >= 11 is 0. The minimum atomic E-state index is 0.540. The second kappa shape index (κ2) is 6.17. The number of rotatable bonds is 6. The fraction of sp³-hybridized carbons (Fsp3) is 0.462. The summed E-state index contributed by atoms with van der Waals surface area (Å²) in [5.41, 5.74) is 0. The summed E-state index contributed by atoms with van der Waals surface area (Å²) in [6, 6.07) is 1.78. The number of nitrogens with one attached hydrogen (secondary N) is 1. The van der Waals surface area contributed by atoms with Crippen molar-refractivity contribution >= 4 is 5.82 Å². The molecular weight excluding hydrogens is 242 g/mol. The molecule has 6 heteroatoms. The van der Waals surface area contributed by atoms with E-state index in [1.165, 1.54) is 0 Å². The summed E-state index contributed by atoms with van der Waals surface area (Å²) in [4.78, 5) is 8.77. The highest BCUT2D eigenvalue weighted by atomic mass is 16.5. The lowest BCUT2D eigenvalue weighted by Gasteiger charge is -2.07. The van der Waals surface area contributed by atoms with Crippen molar-refractivity contribution in [2.45, 2.75) is 33.2 Å². The van der Waals surface area contributed by atoms with Gasteiger partial charge in [0.15, 0.2) is 5.75 Å². The Morgan fingerprint density at radius 1 is 1.32 bits per heavy atom. The van der Waals surface area contributed by atoms with E-state index in [9.17, 15) is 0 Å². The molecular formula is C13H19N5O. The van der Waals surface area contributed by atoms with Crippen molar-refractivity contribution in [3.63, 3.8) is 0 Å². The molecule has 0 radical (unpaired) electrons. The third kappa shape index (κ3) is 3.43. The third-order valence-electron chi connectivity index (χ3n) is 2.63. The normalized spacial score (nSPS) is 10.5. The topological polar surface area (TPSA) is 64.9 Å². The first-order valence-electron chi connectivity index (χ1n) is 6.51. The number of aryl methyl sites for hydroxylation is 2. The van der Waals surface area contributed by atoms with Gasteiger partial charge in [-0.05, 0) is 13.3 Å². The molecule has 2 aromatic heterocycles. The van der Waals surface area contributed by atoms with Gasteiger partial charge in [-0.15, -0.1) is 0 Å². The van der Waals surface area contributed by atoms with Crippen LogP contribution in [0.5, 0.6) is 11.6 Å². The number of anilines is 1. The molecule has 0 fully saturated rings. The van der Waals surface area contributed by atoms with Crippen LogP contribution in [0, 0.1) is 0 Å². The molecule has 0 aliphatic carbocycles. The highest BCUT2D eigenvalue weighted by Crippen LogP contribution is 2.21. The molecule has 0 saturated heterocycles. The van der Waals surface area contributed by atoms with Crippen molar-refractivity contribution in [1.29, 1.82) is 0 Å². The largest absolute Gasteiger partial charge is 0.436 e. The van der Waals surface area contributed by atoms with Gasteiger partial charge < -0.3 is 10.1 Å².